The Bertz CT molecular complexity index is 1270. The molecule has 0 bridgehead atoms. The molecule has 0 saturated heterocycles. The van der Waals surface area contributed by atoms with Crippen molar-refractivity contribution in [2.24, 2.45) is 0 Å². The van der Waals surface area contributed by atoms with Crippen molar-refractivity contribution in [1.29, 1.82) is 0 Å². The van der Waals surface area contributed by atoms with Gasteiger partial charge in [-0.15, -0.1) is 0 Å². The highest BCUT2D eigenvalue weighted by Crippen LogP contribution is 2.15. The van der Waals surface area contributed by atoms with Gasteiger partial charge in [0.25, 0.3) is 0 Å². The third kappa shape index (κ3) is 51.4. The predicted molar refractivity (Wildman–Crippen MR) is 279 cm³/mol. The summed E-state index contributed by atoms with van der Waals surface area (Å²) in [5, 5.41) is 0. The molecule has 372 valence electrons. The molecule has 0 aliphatic rings. The molecule has 0 aliphatic carbocycles. The first kappa shape index (κ1) is 61.6. The van der Waals surface area contributed by atoms with Crippen molar-refractivity contribution < 1.29 is 28.6 Å². The highest BCUT2D eigenvalue weighted by atomic mass is 16.6. The quantitative estimate of drug-likeness (QED) is 0.0262. The van der Waals surface area contributed by atoms with Crippen molar-refractivity contribution in [3.8, 4) is 0 Å². The van der Waals surface area contributed by atoms with Crippen LogP contribution in [0.3, 0.4) is 0 Å². The molecule has 0 N–H and O–H groups in total. The van der Waals surface area contributed by atoms with Crippen LogP contribution in [0, 0.1) is 0 Å². The van der Waals surface area contributed by atoms with Gasteiger partial charge in [0.2, 0.25) is 0 Å². The van der Waals surface area contributed by atoms with Crippen LogP contribution in [-0.4, -0.2) is 37.2 Å². The van der Waals surface area contributed by atoms with Crippen molar-refractivity contribution in [1.82, 2.24) is 0 Å². The van der Waals surface area contributed by atoms with Crippen LogP contribution >= 0.6 is 0 Å². The lowest BCUT2D eigenvalue weighted by molar-refractivity contribution is -0.166. The number of allylic oxidation sites excluding steroid dienone is 13. The Morgan fingerprint density at radius 1 is 0.338 bits per heavy atom. The van der Waals surface area contributed by atoms with E-state index in [1.807, 2.05) is 6.08 Å². The molecule has 0 saturated carbocycles. The molecule has 0 aromatic heterocycles. The molecule has 0 aromatic carbocycles. The number of carbonyl (C=O) groups excluding carboxylic acids is 3. The zero-order valence-corrected chi connectivity index (χ0v) is 42.5. The average Bonchev–Trinajstić information content (AvgIpc) is 3.30. The fourth-order valence-corrected chi connectivity index (χ4v) is 7.37. The summed E-state index contributed by atoms with van der Waals surface area (Å²) in [6.45, 7) is 6.42. The second-order valence-electron chi connectivity index (χ2n) is 17.8. The number of hydrogen-bond donors (Lipinski definition) is 0. The minimum atomic E-state index is -0.820. The molecule has 0 aliphatic heterocycles. The number of hydrogen-bond acceptors (Lipinski definition) is 6. The molecule has 0 radical (unpaired) electrons. The number of unbranched alkanes of at least 4 members (excludes halogenated alkanes) is 24. The van der Waals surface area contributed by atoms with E-state index in [0.29, 0.717) is 12.8 Å². The van der Waals surface area contributed by atoms with Crippen LogP contribution in [0.4, 0.5) is 0 Å². The predicted octanol–water partition coefficient (Wildman–Crippen LogP) is 18.0. The summed E-state index contributed by atoms with van der Waals surface area (Å²) in [5.41, 5.74) is 0. The highest BCUT2D eigenvalue weighted by Gasteiger charge is 2.19. The van der Waals surface area contributed by atoms with Crippen LogP contribution in [0.25, 0.3) is 0 Å². The molecule has 0 aromatic rings. The maximum Gasteiger partial charge on any atom is 0.309 e. The SMILES string of the molecule is CC/C=C\C/C=C\C/C=C\C/C=C\C/C=C\CC(=O)OCC(COC(=O)CCCCCCC/C=C\C/C=C\CCCCCC)OC(=O)CCCCCCCCCCCCCCCCCC. The molecular weight excluding hydrogens is 805 g/mol. The molecule has 65 heavy (non-hydrogen) atoms. The fraction of sp³-hybridized carbons (Fsp3) is 0.712. The largest absolute Gasteiger partial charge is 0.462 e. The normalized spacial score (nSPS) is 12.7. The van der Waals surface area contributed by atoms with Gasteiger partial charge in [0.1, 0.15) is 13.2 Å². The third-order valence-corrected chi connectivity index (χ3v) is 11.4. The Balaban J connectivity index is 4.51. The van der Waals surface area contributed by atoms with Gasteiger partial charge in [0, 0.05) is 12.8 Å². The van der Waals surface area contributed by atoms with E-state index in [1.54, 1.807) is 6.08 Å². The zero-order chi connectivity index (χ0) is 47.2. The average molecular weight is 905 g/mol. The maximum atomic E-state index is 12.8. The first-order valence-electron chi connectivity index (χ1n) is 27.1. The minimum Gasteiger partial charge on any atom is -0.462 e. The molecule has 0 amide bonds. The molecule has 1 unspecified atom stereocenters. The van der Waals surface area contributed by atoms with E-state index in [4.69, 9.17) is 14.2 Å². The zero-order valence-electron chi connectivity index (χ0n) is 42.5. The lowest BCUT2D eigenvalue weighted by Gasteiger charge is -2.18. The van der Waals surface area contributed by atoms with E-state index >= 15 is 0 Å². The molecule has 0 spiro atoms. The van der Waals surface area contributed by atoms with Crippen LogP contribution < -0.4 is 0 Å². The van der Waals surface area contributed by atoms with Crippen LogP contribution in [0.15, 0.2) is 85.1 Å². The molecule has 0 heterocycles. The van der Waals surface area contributed by atoms with Gasteiger partial charge in [-0.05, 0) is 77.0 Å². The van der Waals surface area contributed by atoms with Gasteiger partial charge < -0.3 is 14.2 Å². The van der Waals surface area contributed by atoms with Gasteiger partial charge in [0.15, 0.2) is 6.10 Å². The second kappa shape index (κ2) is 53.2. The third-order valence-electron chi connectivity index (χ3n) is 11.4. The van der Waals surface area contributed by atoms with E-state index in [1.165, 1.54) is 116 Å². The van der Waals surface area contributed by atoms with Crippen molar-refractivity contribution in [2.75, 3.05) is 13.2 Å². The molecule has 6 heteroatoms. The minimum absolute atomic E-state index is 0.112. The molecule has 0 rings (SSSR count). The highest BCUT2D eigenvalue weighted by molar-refractivity contribution is 5.72. The van der Waals surface area contributed by atoms with Crippen LogP contribution in [0.1, 0.15) is 252 Å². The molecule has 6 nitrogen and oxygen atoms in total. The maximum absolute atomic E-state index is 12.8. The monoisotopic (exact) mass is 905 g/mol. The summed E-state index contributed by atoms with van der Waals surface area (Å²) in [6, 6.07) is 0. The molecule has 1 atom stereocenters. The summed E-state index contributed by atoms with van der Waals surface area (Å²) < 4.78 is 16.7. The summed E-state index contributed by atoms with van der Waals surface area (Å²) in [5.74, 6) is -1.05. The van der Waals surface area contributed by atoms with E-state index in [2.05, 4.69) is 93.7 Å². The number of ether oxygens (including phenoxy) is 3. The summed E-state index contributed by atoms with van der Waals surface area (Å²) in [4.78, 5) is 38.0. The van der Waals surface area contributed by atoms with E-state index in [9.17, 15) is 14.4 Å². The first-order chi connectivity index (χ1) is 32.0. The number of carbonyl (C=O) groups is 3. The fourth-order valence-electron chi connectivity index (χ4n) is 7.37. The Hall–Kier alpha value is -3.41. The molecule has 0 fully saturated rings. The Labute approximate surface area is 401 Å². The van der Waals surface area contributed by atoms with Crippen molar-refractivity contribution in [3.05, 3.63) is 85.1 Å². The lowest BCUT2D eigenvalue weighted by Crippen LogP contribution is -2.30. The molecular formula is C59H100O6. The van der Waals surface area contributed by atoms with Gasteiger partial charge in [-0.3, -0.25) is 14.4 Å². The number of rotatable bonds is 48. The standard InChI is InChI=1S/C59H100O6/c1-4-7-10-13-16-19-22-25-28-31-34-37-40-43-46-49-52-58(61)64-55-56(54-63-57(60)51-48-45-42-39-36-33-30-27-24-21-18-15-12-9-6-3)65-59(62)53-50-47-44-41-38-35-32-29-26-23-20-17-14-11-8-5-2/h9,12,18-19,21-22,27-28,30-31,36,39,45,48,56H,4-8,10-11,13-17,20,23-26,29,32-35,37-38,40-44,46-47,49-55H2,1-3H3/b12-9-,21-18-,22-19-,30-27-,31-28-,39-36-,48-45-. The van der Waals surface area contributed by atoms with E-state index in [-0.39, 0.29) is 31.6 Å². The topological polar surface area (TPSA) is 78.9 Å². The Morgan fingerprint density at radius 2 is 0.662 bits per heavy atom. The van der Waals surface area contributed by atoms with E-state index in [0.717, 1.165) is 96.3 Å². The van der Waals surface area contributed by atoms with Crippen LogP contribution in [0.5, 0.6) is 0 Å². The first-order valence-corrected chi connectivity index (χ1v) is 27.1. The van der Waals surface area contributed by atoms with Gasteiger partial charge >= 0.3 is 17.9 Å². The van der Waals surface area contributed by atoms with Crippen molar-refractivity contribution >= 4 is 17.9 Å². The second-order valence-corrected chi connectivity index (χ2v) is 17.8. The van der Waals surface area contributed by atoms with Crippen LogP contribution in [-0.2, 0) is 28.6 Å². The van der Waals surface area contributed by atoms with Gasteiger partial charge in [-0.2, -0.15) is 0 Å². The van der Waals surface area contributed by atoms with Gasteiger partial charge in [0.05, 0.1) is 6.42 Å². The lowest BCUT2D eigenvalue weighted by atomic mass is 10.0. The summed E-state index contributed by atoms with van der Waals surface area (Å²) in [7, 11) is 0. The van der Waals surface area contributed by atoms with Gasteiger partial charge in [-0.25, -0.2) is 0 Å². The van der Waals surface area contributed by atoms with Gasteiger partial charge in [-0.1, -0.05) is 241 Å². The Kier molecular flexibility index (Phi) is 50.4. The summed E-state index contributed by atoms with van der Waals surface area (Å²) in [6.07, 6.45) is 68.8. The van der Waals surface area contributed by atoms with Crippen molar-refractivity contribution in [3.63, 3.8) is 0 Å². The van der Waals surface area contributed by atoms with E-state index < -0.39 is 12.1 Å². The van der Waals surface area contributed by atoms with Crippen molar-refractivity contribution in [2.45, 2.75) is 258 Å². The summed E-state index contributed by atoms with van der Waals surface area (Å²) >= 11 is 0. The van der Waals surface area contributed by atoms with Crippen LogP contribution in [0.2, 0.25) is 0 Å². The Morgan fingerprint density at radius 3 is 1.09 bits per heavy atom. The number of esters is 3. The smallest absolute Gasteiger partial charge is 0.309 e.